The van der Waals surface area contributed by atoms with E-state index in [0.717, 1.165) is 11.6 Å². The molecule has 0 aromatic heterocycles. The summed E-state index contributed by atoms with van der Waals surface area (Å²) in [5.74, 6) is -1.31. The first-order valence-corrected chi connectivity index (χ1v) is 8.03. The summed E-state index contributed by atoms with van der Waals surface area (Å²) >= 11 is 0. The Morgan fingerprint density at radius 3 is 2.68 bits per heavy atom. The Morgan fingerprint density at radius 1 is 1.24 bits per heavy atom. The summed E-state index contributed by atoms with van der Waals surface area (Å²) in [6.45, 7) is 1.09. The van der Waals surface area contributed by atoms with Gasteiger partial charge in [-0.05, 0) is 36.2 Å². The summed E-state index contributed by atoms with van der Waals surface area (Å²) in [4.78, 5) is 14.0. The fraction of sp³-hybridized carbons (Fsp3) is 0.263. The van der Waals surface area contributed by atoms with Crippen LogP contribution in [0.1, 0.15) is 17.5 Å². The number of halogens is 2. The molecule has 1 fully saturated rings. The van der Waals surface area contributed by atoms with E-state index in [2.05, 4.69) is 5.32 Å². The summed E-state index contributed by atoms with van der Waals surface area (Å²) < 4.78 is 26.9. The van der Waals surface area contributed by atoms with Gasteiger partial charge in [-0.1, -0.05) is 12.1 Å². The Hall–Kier alpha value is -2.94. The highest BCUT2D eigenvalue weighted by molar-refractivity contribution is 5.79. The Morgan fingerprint density at radius 2 is 2.00 bits per heavy atom. The van der Waals surface area contributed by atoms with E-state index in [4.69, 9.17) is 5.26 Å². The van der Waals surface area contributed by atoms with E-state index in [9.17, 15) is 13.6 Å². The molecule has 25 heavy (non-hydrogen) atoms. The van der Waals surface area contributed by atoms with Gasteiger partial charge in [-0.25, -0.2) is 8.78 Å². The minimum absolute atomic E-state index is 0.0738. The van der Waals surface area contributed by atoms with E-state index in [1.54, 1.807) is 29.2 Å². The Labute approximate surface area is 144 Å². The van der Waals surface area contributed by atoms with Crippen LogP contribution in [0.4, 0.5) is 14.5 Å². The molecule has 1 heterocycles. The molecule has 0 saturated carbocycles. The predicted octanol–water partition coefficient (Wildman–Crippen LogP) is 2.77. The molecule has 2 aromatic carbocycles. The van der Waals surface area contributed by atoms with E-state index < -0.39 is 11.6 Å². The van der Waals surface area contributed by atoms with Crippen molar-refractivity contribution in [3.8, 4) is 6.07 Å². The van der Waals surface area contributed by atoms with E-state index in [-0.39, 0.29) is 18.4 Å². The standard InChI is InChI=1S/C19H17F2N3O/c20-15-5-6-18(17(21)10-15)24-8-7-16(12-24)23-19(25)9-13-1-3-14(11-22)4-2-13/h1-6,10,16H,7-9,12H2,(H,23,25)/t16-/m0/s1. The van der Waals surface area contributed by atoms with Crippen molar-refractivity contribution in [3.63, 3.8) is 0 Å². The van der Waals surface area contributed by atoms with Gasteiger partial charge >= 0.3 is 0 Å². The maximum Gasteiger partial charge on any atom is 0.224 e. The van der Waals surface area contributed by atoms with Crippen LogP contribution in [0.3, 0.4) is 0 Å². The maximum atomic E-state index is 13.8. The molecule has 1 saturated heterocycles. The van der Waals surface area contributed by atoms with E-state index in [0.29, 0.717) is 30.8 Å². The number of nitriles is 1. The lowest BCUT2D eigenvalue weighted by molar-refractivity contribution is -0.121. The van der Waals surface area contributed by atoms with Crippen LogP contribution < -0.4 is 10.2 Å². The average Bonchev–Trinajstić information content (AvgIpc) is 3.03. The molecule has 6 heteroatoms. The molecule has 0 unspecified atom stereocenters. The number of rotatable bonds is 4. The van der Waals surface area contributed by atoms with E-state index in [1.807, 2.05) is 6.07 Å². The number of anilines is 1. The predicted molar refractivity (Wildman–Crippen MR) is 90.0 cm³/mol. The van der Waals surface area contributed by atoms with Crippen LogP contribution in [0.2, 0.25) is 0 Å². The Bertz CT molecular complexity index is 814. The van der Waals surface area contributed by atoms with Crippen LogP contribution in [0.15, 0.2) is 42.5 Å². The quantitative estimate of drug-likeness (QED) is 0.930. The monoisotopic (exact) mass is 341 g/mol. The number of hydrogen-bond acceptors (Lipinski definition) is 3. The first-order valence-electron chi connectivity index (χ1n) is 8.03. The zero-order valence-corrected chi connectivity index (χ0v) is 13.5. The van der Waals surface area contributed by atoms with Gasteiger partial charge in [-0.3, -0.25) is 4.79 Å². The van der Waals surface area contributed by atoms with Gasteiger partial charge in [0, 0.05) is 25.2 Å². The van der Waals surface area contributed by atoms with E-state index in [1.165, 1.54) is 12.1 Å². The molecule has 0 radical (unpaired) electrons. The lowest BCUT2D eigenvalue weighted by Crippen LogP contribution is -2.38. The largest absolute Gasteiger partial charge is 0.367 e. The summed E-state index contributed by atoms with van der Waals surface area (Å²) in [7, 11) is 0. The summed E-state index contributed by atoms with van der Waals surface area (Å²) in [5, 5.41) is 11.7. The molecule has 4 nitrogen and oxygen atoms in total. The van der Waals surface area contributed by atoms with Crippen LogP contribution in [0, 0.1) is 23.0 Å². The topological polar surface area (TPSA) is 56.1 Å². The molecule has 0 spiro atoms. The third-order valence-electron chi connectivity index (χ3n) is 4.25. The van der Waals surface area contributed by atoms with Crippen LogP contribution in [-0.4, -0.2) is 25.0 Å². The molecular formula is C19H17F2N3O. The van der Waals surface area contributed by atoms with Crippen molar-refractivity contribution in [2.75, 3.05) is 18.0 Å². The molecular weight excluding hydrogens is 324 g/mol. The van der Waals surface area contributed by atoms with Crippen LogP contribution in [0.5, 0.6) is 0 Å². The second-order valence-corrected chi connectivity index (χ2v) is 6.08. The zero-order chi connectivity index (χ0) is 17.8. The molecule has 1 aliphatic rings. The minimum atomic E-state index is -0.604. The highest BCUT2D eigenvalue weighted by atomic mass is 19.1. The minimum Gasteiger partial charge on any atom is -0.367 e. The summed E-state index contributed by atoms with van der Waals surface area (Å²) in [5.41, 5.74) is 1.73. The normalized spacial score (nSPS) is 16.5. The SMILES string of the molecule is N#Cc1ccc(CC(=O)N[C@H]2CCN(c3ccc(F)cc3F)C2)cc1. The smallest absolute Gasteiger partial charge is 0.224 e. The molecule has 0 bridgehead atoms. The Balaban J connectivity index is 1.55. The first kappa shape index (κ1) is 16.9. The summed E-state index contributed by atoms with van der Waals surface area (Å²) in [6, 6.07) is 12.4. The molecule has 1 N–H and O–H groups in total. The number of carbonyl (C=O) groups is 1. The highest BCUT2D eigenvalue weighted by Crippen LogP contribution is 2.24. The van der Waals surface area contributed by atoms with E-state index >= 15 is 0 Å². The lowest BCUT2D eigenvalue weighted by Gasteiger charge is -2.19. The van der Waals surface area contributed by atoms with Crippen molar-refractivity contribution in [1.82, 2.24) is 5.32 Å². The van der Waals surface area contributed by atoms with Crippen molar-refractivity contribution in [2.45, 2.75) is 18.9 Å². The van der Waals surface area contributed by atoms with Gasteiger partial charge in [0.2, 0.25) is 5.91 Å². The van der Waals surface area contributed by atoms with Gasteiger partial charge in [0.25, 0.3) is 0 Å². The third-order valence-corrected chi connectivity index (χ3v) is 4.25. The first-order chi connectivity index (χ1) is 12.0. The van der Waals surface area contributed by atoms with Gasteiger partial charge in [-0.15, -0.1) is 0 Å². The van der Waals surface area contributed by atoms with Crippen molar-refractivity contribution >= 4 is 11.6 Å². The van der Waals surface area contributed by atoms with Gasteiger partial charge in [0.1, 0.15) is 11.6 Å². The number of hydrogen-bond donors (Lipinski definition) is 1. The van der Waals surface area contributed by atoms with Crippen molar-refractivity contribution < 1.29 is 13.6 Å². The van der Waals surface area contributed by atoms with Gasteiger partial charge in [0.05, 0.1) is 23.7 Å². The number of nitrogens with one attached hydrogen (secondary N) is 1. The molecule has 1 amide bonds. The average molecular weight is 341 g/mol. The lowest BCUT2D eigenvalue weighted by atomic mass is 10.1. The molecule has 3 rings (SSSR count). The second kappa shape index (κ2) is 7.31. The van der Waals surface area contributed by atoms with Crippen molar-refractivity contribution in [1.29, 1.82) is 5.26 Å². The third kappa shape index (κ3) is 4.13. The molecule has 1 atom stereocenters. The Kier molecular flexibility index (Phi) is 4.94. The molecule has 128 valence electrons. The van der Waals surface area contributed by atoms with Crippen LogP contribution in [0.25, 0.3) is 0 Å². The molecule has 2 aromatic rings. The zero-order valence-electron chi connectivity index (χ0n) is 13.5. The number of amides is 1. The molecule has 0 aliphatic carbocycles. The highest BCUT2D eigenvalue weighted by Gasteiger charge is 2.25. The fourth-order valence-electron chi connectivity index (χ4n) is 3.00. The van der Waals surface area contributed by atoms with Crippen LogP contribution in [-0.2, 0) is 11.2 Å². The number of carbonyl (C=O) groups excluding carboxylic acids is 1. The second-order valence-electron chi connectivity index (χ2n) is 6.08. The maximum absolute atomic E-state index is 13.8. The summed E-state index contributed by atoms with van der Waals surface area (Å²) in [6.07, 6.45) is 0.934. The van der Waals surface area contributed by atoms with Crippen LogP contribution >= 0.6 is 0 Å². The number of nitrogens with zero attached hydrogens (tertiary/aromatic N) is 2. The molecule has 1 aliphatic heterocycles. The van der Waals surface area contributed by atoms with Gasteiger partial charge in [-0.2, -0.15) is 5.26 Å². The van der Waals surface area contributed by atoms with Gasteiger partial charge in [0.15, 0.2) is 0 Å². The fourth-order valence-corrected chi connectivity index (χ4v) is 3.00. The van der Waals surface area contributed by atoms with Gasteiger partial charge < -0.3 is 10.2 Å². The van der Waals surface area contributed by atoms with Crippen molar-refractivity contribution in [3.05, 3.63) is 65.2 Å². The van der Waals surface area contributed by atoms with Crippen molar-refractivity contribution in [2.24, 2.45) is 0 Å². The number of benzene rings is 2.